The summed E-state index contributed by atoms with van der Waals surface area (Å²) in [5.74, 6) is 0.0464. The molecule has 1 aliphatic heterocycles. The molecule has 0 radical (unpaired) electrons. The second kappa shape index (κ2) is 6.15. The van der Waals surface area contributed by atoms with Crippen molar-refractivity contribution in [2.45, 2.75) is 50.9 Å². The van der Waals surface area contributed by atoms with Crippen LogP contribution in [0.5, 0.6) is 0 Å². The number of hydrogen-bond donors (Lipinski definition) is 1. The Balaban J connectivity index is 1.61. The van der Waals surface area contributed by atoms with Crippen LogP contribution in [0.3, 0.4) is 0 Å². The van der Waals surface area contributed by atoms with Gasteiger partial charge < -0.3 is 10.2 Å². The van der Waals surface area contributed by atoms with Crippen molar-refractivity contribution in [1.82, 2.24) is 10.2 Å². The van der Waals surface area contributed by atoms with Crippen molar-refractivity contribution in [2.24, 2.45) is 0 Å². The second-order valence-corrected chi connectivity index (χ2v) is 9.10. The minimum absolute atomic E-state index is 0.0464. The van der Waals surface area contributed by atoms with Crippen molar-refractivity contribution < 1.29 is 13.2 Å². The number of amides is 2. The molecular formula is C17H24N2O3S. The molecule has 6 heteroatoms. The van der Waals surface area contributed by atoms with E-state index in [-0.39, 0.29) is 24.4 Å². The first-order chi connectivity index (χ1) is 10.9. The van der Waals surface area contributed by atoms with Gasteiger partial charge in [-0.1, -0.05) is 18.2 Å². The van der Waals surface area contributed by atoms with Crippen molar-refractivity contribution in [2.75, 3.05) is 12.3 Å². The molecule has 2 amide bonds. The highest BCUT2D eigenvalue weighted by Crippen LogP contribution is 2.23. The summed E-state index contributed by atoms with van der Waals surface area (Å²) in [5.41, 5.74) is 3.91. The molecule has 0 spiro atoms. The first kappa shape index (κ1) is 16.3. The zero-order valence-corrected chi connectivity index (χ0v) is 14.5. The van der Waals surface area contributed by atoms with Crippen molar-refractivity contribution in [3.63, 3.8) is 0 Å². The number of hydrogen-bond acceptors (Lipinski definition) is 3. The smallest absolute Gasteiger partial charge is 0.317 e. The molecule has 2 aliphatic rings. The van der Waals surface area contributed by atoms with Crippen LogP contribution in [-0.2, 0) is 29.2 Å². The van der Waals surface area contributed by atoms with E-state index in [1.165, 1.54) is 17.5 Å². The van der Waals surface area contributed by atoms with E-state index in [9.17, 15) is 13.2 Å². The number of aryl methyl sites for hydroxylation is 2. The third kappa shape index (κ3) is 3.22. The van der Waals surface area contributed by atoms with Gasteiger partial charge in [-0.3, -0.25) is 0 Å². The Morgan fingerprint density at radius 2 is 2.00 bits per heavy atom. The lowest BCUT2D eigenvalue weighted by Crippen LogP contribution is -2.56. The highest BCUT2D eigenvalue weighted by molar-refractivity contribution is 7.92. The molecule has 23 heavy (non-hydrogen) atoms. The van der Waals surface area contributed by atoms with Crippen LogP contribution in [0.4, 0.5) is 4.79 Å². The molecule has 0 bridgehead atoms. The third-order valence-corrected chi connectivity index (χ3v) is 7.50. The fourth-order valence-electron chi connectivity index (χ4n) is 3.47. The van der Waals surface area contributed by atoms with Gasteiger partial charge in [0.05, 0.1) is 11.0 Å². The summed E-state index contributed by atoms with van der Waals surface area (Å²) >= 11 is 0. The van der Waals surface area contributed by atoms with Gasteiger partial charge in [0.15, 0.2) is 9.84 Å². The highest BCUT2D eigenvalue weighted by Gasteiger charge is 2.37. The zero-order chi connectivity index (χ0) is 16.6. The van der Waals surface area contributed by atoms with E-state index in [1.807, 2.05) is 0 Å². The summed E-state index contributed by atoms with van der Waals surface area (Å²) in [7, 11) is -3.07. The molecule has 1 N–H and O–H groups in total. The lowest BCUT2D eigenvalue weighted by molar-refractivity contribution is 0.177. The fourth-order valence-corrected chi connectivity index (χ4v) is 5.04. The Morgan fingerprint density at radius 1 is 1.26 bits per heavy atom. The van der Waals surface area contributed by atoms with Crippen LogP contribution in [0.2, 0.25) is 0 Å². The number of rotatable bonds is 2. The summed E-state index contributed by atoms with van der Waals surface area (Å²) in [6.45, 7) is 4.23. The summed E-state index contributed by atoms with van der Waals surface area (Å²) in [4.78, 5) is 14.0. The number of nitrogens with one attached hydrogen (secondary N) is 1. The topological polar surface area (TPSA) is 66.5 Å². The predicted octanol–water partition coefficient (Wildman–Crippen LogP) is 1.89. The molecule has 3 rings (SSSR count). The summed E-state index contributed by atoms with van der Waals surface area (Å²) in [6, 6.07) is 5.92. The number of sulfone groups is 1. The molecule has 1 fully saturated rings. The maximum absolute atomic E-state index is 12.4. The maximum atomic E-state index is 12.4. The minimum Gasteiger partial charge on any atom is -0.334 e. The lowest BCUT2D eigenvalue weighted by Gasteiger charge is -2.37. The highest BCUT2D eigenvalue weighted by atomic mass is 32.2. The molecule has 1 heterocycles. The van der Waals surface area contributed by atoms with Crippen LogP contribution in [0.25, 0.3) is 0 Å². The second-order valence-electron chi connectivity index (χ2n) is 6.62. The van der Waals surface area contributed by atoms with E-state index in [4.69, 9.17) is 0 Å². The molecule has 1 aromatic carbocycles. The molecule has 1 aromatic rings. The summed E-state index contributed by atoms with van der Waals surface area (Å²) < 4.78 is 23.8. The molecule has 0 aromatic heterocycles. The van der Waals surface area contributed by atoms with Gasteiger partial charge in [0.1, 0.15) is 0 Å². The maximum Gasteiger partial charge on any atom is 0.317 e. The largest absolute Gasteiger partial charge is 0.334 e. The van der Waals surface area contributed by atoms with Gasteiger partial charge in [0, 0.05) is 19.1 Å². The van der Waals surface area contributed by atoms with E-state index >= 15 is 0 Å². The number of carbonyl (C=O) groups excluding carboxylic acids is 1. The summed E-state index contributed by atoms with van der Waals surface area (Å²) in [5, 5.41) is 2.42. The van der Waals surface area contributed by atoms with Gasteiger partial charge in [-0.15, -0.1) is 0 Å². The van der Waals surface area contributed by atoms with E-state index < -0.39 is 15.1 Å². The SMILES string of the molecule is C[C@@H]1[C@@H](C)S(=O)(=O)CCN1C(=O)NCc1ccc2c(c1)CCC2. The minimum atomic E-state index is -3.07. The average Bonchev–Trinajstić information content (AvgIpc) is 2.98. The summed E-state index contributed by atoms with van der Waals surface area (Å²) in [6.07, 6.45) is 3.48. The zero-order valence-electron chi connectivity index (χ0n) is 13.7. The van der Waals surface area contributed by atoms with E-state index in [1.54, 1.807) is 18.7 Å². The van der Waals surface area contributed by atoms with Crippen molar-refractivity contribution >= 4 is 15.9 Å². The van der Waals surface area contributed by atoms with Crippen LogP contribution in [-0.4, -0.2) is 42.9 Å². The Kier molecular flexibility index (Phi) is 4.36. The van der Waals surface area contributed by atoms with Crippen LogP contribution in [0.15, 0.2) is 18.2 Å². The van der Waals surface area contributed by atoms with Gasteiger partial charge in [0.25, 0.3) is 0 Å². The lowest BCUT2D eigenvalue weighted by atomic mass is 10.1. The molecule has 2 atom stereocenters. The number of benzene rings is 1. The van der Waals surface area contributed by atoms with Gasteiger partial charge in [0.2, 0.25) is 0 Å². The van der Waals surface area contributed by atoms with Gasteiger partial charge in [-0.25, -0.2) is 13.2 Å². The normalized spacial score (nSPS) is 25.9. The number of fused-ring (bicyclic) bond motifs is 1. The van der Waals surface area contributed by atoms with Gasteiger partial charge in [-0.2, -0.15) is 0 Å². The third-order valence-electron chi connectivity index (χ3n) is 5.22. The van der Waals surface area contributed by atoms with Gasteiger partial charge >= 0.3 is 6.03 Å². The molecule has 5 nitrogen and oxygen atoms in total. The predicted molar refractivity (Wildman–Crippen MR) is 90.1 cm³/mol. The molecule has 0 unspecified atom stereocenters. The molecule has 1 saturated heterocycles. The van der Waals surface area contributed by atoms with Crippen LogP contribution in [0.1, 0.15) is 37.0 Å². The Labute approximate surface area is 138 Å². The average molecular weight is 336 g/mol. The van der Waals surface area contributed by atoms with Crippen molar-refractivity contribution in [1.29, 1.82) is 0 Å². The molecule has 0 saturated carbocycles. The first-order valence-electron chi connectivity index (χ1n) is 8.25. The van der Waals surface area contributed by atoms with E-state index in [0.29, 0.717) is 6.54 Å². The number of nitrogens with zero attached hydrogens (tertiary/aromatic N) is 1. The first-order valence-corrected chi connectivity index (χ1v) is 9.97. The van der Waals surface area contributed by atoms with Crippen molar-refractivity contribution in [3.8, 4) is 0 Å². The monoisotopic (exact) mass is 336 g/mol. The Morgan fingerprint density at radius 3 is 2.78 bits per heavy atom. The standard InChI is InChI=1S/C17H24N2O3S/c1-12-13(2)23(21,22)9-8-19(12)17(20)18-11-14-6-7-15-4-3-5-16(15)10-14/h6-7,10,12-13H,3-5,8-9,11H2,1-2H3,(H,18,20)/t12-,13-/m1/s1. The van der Waals surface area contributed by atoms with E-state index in [2.05, 4.69) is 23.5 Å². The fraction of sp³-hybridized carbons (Fsp3) is 0.588. The Hall–Kier alpha value is -1.56. The number of carbonyl (C=O) groups is 1. The van der Waals surface area contributed by atoms with Crippen LogP contribution in [0, 0.1) is 0 Å². The number of urea groups is 1. The van der Waals surface area contributed by atoms with Crippen molar-refractivity contribution in [3.05, 3.63) is 34.9 Å². The van der Waals surface area contributed by atoms with E-state index in [0.717, 1.165) is 18.4 Å². The van der Waals surface area contributed by atoms with Crippen LogP contribution >= 0.6 is 0 Å². The molecule has 1 aliphatic carbocycles. The Bertz CT molecular complexity index is 715. The molecule has 126 valence electrons. The van der Waals surface area contributed by atoms with Gasteiger partial charge in [-0.05, 0) is 49.8 Å². The van der Waals surface area contributed by atoms with Crippen LogP contribution < -0.4 is 5.32 Å². The molecular weight excluding hydrogens is 312 g/mol. The quantitative estimate of drug-likeness (QED) is 0.897.